The average molecular weight is 181 g/mol. The van der Waals surface area contributed by atoms with Crippen molar-refractivity contribution in [1.82, 2.24) is 9.78 Å². The Morgan fingerprint density at radius 1 is 1.77 bits per heavy atom. The third-order valence-corrected chi connectivity index (χ3v) is 2.50. The lowest BCUT2D eigenvalue weighted by atomic mass is 10.2. The van der Waals surface area contributed by atoms with Crippen LogP contribution in [0, 0.1) is 0 Å². The molecule has 72 valence electrons. The molecule has 1 fully saturated rings. The van der Waals surface area contributed by atoms with Crippen LogP contribution >= 0.6 is 0 Å². The molecule has 13 heavy (non-hydrogen) atoms. The number of aliphatic hydroxyl groups excluding tert-OH is 1. The summed E-state index contributed by atoms with van der Waals surface area (Å²) in [4.78, 5) is 0. The Labute approximate surface area is 77.4 Å². The summed E-state index contributed by atoms with van der Waals surface area (Å²) < 4.78 is 1.85. The second-order valence-electron chi connectivity index (χ2n) is 3.64. The van der Waals surface area contributed by atoms with Gasteiger partial charge in [0.15, 0.2) is 0 Å². The van der Waals surface area contributed by atoms with Crippen LogP contribution in [0.25, 0.3) is 0 Å². The molecule has 1 aromatic rings. The van der Waals surface area contributed by atoms with Crippen LogP contribution in [0.5, 0.6) is 0 Å². The van der Waals surface area contributed by atoms with Crippen LogP contribution < -0.4 is 5.73 Å². The normalized spacial score (nSPS) is 19.0. The number of aryl methyl sites for hydroxylation is 1. The Balaban J connectivity index is 2.23. The molecule has 1 saturated carbocycles. The van der Waals surface area contributed by atoms with Gasteiger partial charge in [0.05, 0.1) is 5.69 Å². The van der Waals surface area contributed by atoms with Gasteiger partial charge in [-0.25, -0.2) is 0 Å². The van der Waals surface area contributed by atoms with Gasteiger partial charge in [-0.2, -0.15) is 5.10 Å². The van der Waals surface area contributed by atoms with Crippen molar-refractivity contribution in [2.45, 2.75) is 24.9 Å². The summed E-state index contributed by atoms with van der Waals surface area (Å²) in [5.41, 5.74) is 7.28. The maximum atomic E-state index is 9.47. The molecule has 0 radical (unpaired) electrons. The molecule has 0 amide bonds. The van der Waals surface area contributed by atoms with E-state index in [2.05, 4.69) is 5.10 Å². The van der Waals surface area contributed by atoms with Crippen molar-refractivity contribution in [3.05, 3.63) is 17.5 Å². The number of hydrogen-bond donors (Lipinski definition) is 2. The van der Waals surface area contributed by atoms with Crippen LogP contribution in [0.4, 0.5) is 0 Å². The highest BCUT2D eigenvalue weighted by Crippen LogP contribution is 2.40. The van der Waals surface area contributed by atoms with Crippen molar-refractivity contribution in [3.8, 4) is 0 Å². The maximum Gasteiger partial charge on any atom is 0.110 e. The van der Waals surface area contributed by atoms with Gasteiger partial charge in [0.2, 0.25) is 0 Å². The van der Waals surface area contributed by atoms with Gasteiger partial charge in [-0.15, -0.1) is 0 Å². The molecular formula is C9H15N3O. The first-order chi connectivity index (χ1) is 6.22. The van der Waals surface area contributed by atoms with Gasteiger partial charge in [-0.1, -0.05) is 0 Å². The number of hydrogen-bond acceptors (Lipinski definition) is 3. The first kappa shape index (κ1) is 8.72. The molecule has 1 aliphatic rings. The van der Waals surface area contributed by atoms with Crippen LogP contribution in [-0.4, -0.2) is 21.4 Å². The van der Waals surface area contributed by atoms with Crippen LogP contribution in [0.2, 0.25) is 0 Å². The van der Waals surface area contributed by atoms with Gasteiger partial charge in [0.25, 0.3) is 0 Å². The summed E-state index contributed by atoms with van der Waals surface area (Å²) >= 11 is 0. The molecule has 0 aromatic carbocycles. The van der Waals surface area contributed by atoms with E-state index in [0.29, 0.717) is 11.6 Å². The van der Waals surface area contributed by atoms with Gasteiger partial charge in [-0.05, 0) is 18.9 Å². The second kappa shape index (κ2) is 3.12. The number of nitrogens with two attached hydrogens (primary N) is 1. The fraction of sp³-hybridized carbons (Fsp3) is 0.667. The first-order valence-electron chi connectivity index (χ1n) is 4.64. The minimum atomic E-state index is -0.612. The molecule has 1 aromatic heterocycles. The number of rotatable bonds is 3. The Kier molecular flexibility index (Phi) is 2.09. The highest BCUT2D eigenvalue weighted by Gasteiger charge is 2.27. The molecule has 1 aliphatic carbocycles. The van der Waals surface area contributed by atoms with E-state index in [9.17, 15) is 5.11 Å². The van der Waals surface area contributed by atoms with Crippen LogP contribution in [0.15, 0.2) is 6.07 Å². The molecule has 0 aliphatic heterocycles. The molecular weight excluding hydrogens is 166 g/mol. The van der Waals surface area contributed by atoms with Gasteiger partial charge in [-0.3, -0.25) is 4.68 Å². The van der Waals surface area contributed by atoms with Crippen molar-refractivity contribution in [2.75, 3.05) is 6.54 Å². The lowest BCUT2D eigenvalue weighted by Crippen LogP contribution is -2.12. The predicted octanol–water partition coefficient (Wildman–Crippen LogP) is 0.290. The fourth-order valence-corrected chi connectivity index (χ4v) is 1.55. The molecule has 0 spiro atoms. The minimum absolute atomic E-state index is 0.237. The summed E-state index contributed by atoms with van der Waals surface area (Å²) in [6, 6.07) is 1.97. The van der Waals surface area contributed by atoms with Crippen molar-refractivity contribution in [1.29, 1.82) is 0 Å². The molecule has 0 saturated heterocycles. The Morgan fingerprint density at radius 3 is 3.00 bits per heavy atom. The maximum absolute atomic E-state index is 9.47. The average Bonchev–Trinajstić information content (AvgIpc) is 2.89. The Hall–Kier alpha value is -0.870. The summed E-state index contributed by atoms with van der Waals surface area (Å²) in [5, 5.41) is 13.7. The quantitative estimate of drug-likeness (QED) is 0.704. The largest absolute Gasteiger partial charge is 0.385 e. The summed E-state index contributed by atoms with van der Waals surface area (Å²) in [5.74, 6) is 0.663. The monoisotopic (exact) mass is 181 g/mol. The third kappa shape index (κ3) is 1.59. The number of nitrogens with zero attached hydrogens (tertiary/aromatic N) is 2. The molecule has 0 bridgehead atoms. The molecule has 4 nitrogen and oxygen atoms in total. The fourth-order valence-electron chi connectivity index (χ4n) is 1.55. The van der Waals surface area contributed by atoms with E-state index in [1.807, 2.05) is 17.8 Å². The van der Waals surface area contributed by atoms with E-state index in [0.717, 1.165) is 0 Å². The van der Waals surface area contributed by atoms with E-state index in [-0.39, 0.29) is 6.54 Å². The molecule has 1 unspecified atom stereocenters. The smallest absolute Gasteiger partial charge is 0.110 e. The van der Waals surface area contributed by atoms with Crippen LogP contribution in [-0.2, 0) is 7.05 Å². The van der Waals surface area contributed by atoms with E-state index < -0.39 is 6.10 Å². The molecule has 1 atom stereocenters. The lowest BCUT2D eigenvalue weighted by molar-refractivity contribution is 0.181. The molecule has 2 rings (SSSR count). The highest BCUT2D eigenvalue weighted by molar-refractivity contribution is 5.20. The third-order valence-electron chi connectivity index (χ3n) is 2.50. The minimum Gasteiger partial charge on any atom is -0.385 e. The standard InChI is InChI=1S/C9H15N3O/c1-12-8(6-2-3-6)4-7(11-12)9(13)5-10/h4,6,9,13H,2-3,5,10H2,1H3. The highest BCUT2D eigenvalue weighted by atomic mass is 16.3. The zero-order chi connectivity index (χ0) is 9.42. The van der Waals surface area contributed by atoms with E-state index in [4.69, 9.17) is 5.73 Å². The molecule has 4 heteroatoms. The SMILES string of the molecule is Cn1nc(C(O)CN)cc1C1CC1. The second-order valence-corrected chi connectivity index (χ2v) is 3.64. The zero-order valence-corrected chi connectivity index (χ0v) is 7.77. The zero-order valence-electron chi connectivity index (χ0n) is 7.77. The van der Waals surface area contributed by atoms with Crippen LogP contribution in [0.3, 0.4) is 0 Å². The Morgan fingerprint density at radius 2 is 2.46 bits per heavy atom. The molecule has 3 N–H and O–H groups in total. The van der Waals surface area contributed by atoms with Crippen molar-refractivity contribution >= 4 is 0 Å². The first-order valence-corrected chi connectivity index (χ1v) is 4.64. The van der Waals surface area contributed by atoms with Gasteiger partial charge in [0, 0.05) is 25.2 Å². The lowest BCUT2D eigenvalue weighted by Gasteiger charge is -2.00. The summed E-state index contributed by atoms with van der Waals surface area (Å²) in [7, 11) is 1.92. The van der Waals surface area contributed by atoms with Gasteiger partial charge >= 0.3 is 0 Å². The van der Waals surface area contributed by atoms with Gasteiger partial charge in [0.1, 0.15) is 6.10 Å². The predicted molar refractivity (Wildman–Crippen MR) is 49.2 cm³/mol. The van der Waals surface area contributed by atoms with Crippen molar-refractivity contribution in [3.63, 3.8) is 0 Å². The van der Waals surface area contributed by atoms with E-state index >= 15 is 0 Å². The van der Waals surface area contributed by atoms with E-state index in [1.54, 1.807) is 0 Å². The summed E-state index contributed by atoms with van der Waals surface area (Å²) in [6.07, 6.45) is 1.88. The van der Waals surface area contributed by atoms with Crippen LogP contribution in [0.1, 0.15) is 36.3 Å². The summed E-state index contributed by atoms with van der Waals surface area (Å²) in [6.45, 7) is 0.237. The van der Waals surface area contributed by atoms with Crippen molar-refractivity contribution in [2.24, 2.45) is 12.8 Å². The molecule has 1 heterocycles. The van der Waals surface area contributed by atoms with Crippen molar-refractivity contribution < 1.29 is 5.11 Å². The van der Waals surface area contributed by atoms with E-state index in [1.165, 1.54) is 18.5 Å². The topological polar surface area (TPSA) is 64.1 Å². The Bertz CT molecular complexity index is 304. The number of aliphatic hydroxyl groups is 1. The number of aromatic nitrogens is 2. The van der Waals surface area contributed by atoms with Gasteiger partial charge < -0.3 is 10.8 Å².